The topological polar surface area (TPSA) is 115 Å². The molecule has 32 heavy (non-hydrogen) atoms. The van der Waals surface area contributed by atoms with E-state index in [0.717, 1.165) is 5.56 Å². The number of amides is 1. The van der Waals surface area contributed by atoms with Gasteiger partial charge in [0.15, 0.2) is 0 Å². The number of hydrogen-bond donors (Lipinski definition) is 1. The molecular formula is C22H24N4O5S. The maximum absolute atomic E-state index is 13.1. The van der Waals surface area contributed by atoms with Crippen LogP contribution in [0, 0.1) is 12.8 Å². The zero-order chi connectivity index (χ0) is 22.7. The van der Waals surface area contributed by atoms with Gasteiger partial charge in [0.2, 0.25) is 28.2 Å². The van der Waals surface area contributed by atoms with Gasteiger partial charge >= 0.3 is 0 Å². The minimum atomic E-state index is -3.70. The van der Waals surface area contributed by atoms with Crippen LogP contribution >= 0.6 is 0 Å². The number of aromatic nitrogens is 2. The number of nitrogens with zero attached hydrogens (tertiary/aromatic N) is 3. The smallest absolute Gasteiger partial charge is 0.247 e. The lowest BCUT2D eigenvalue weighted by Gasteiger charge is -2.31. The Bertz CT molecular complexity index is 1190. The monoisotopic (exact) mass is 456 g/mol. The van der Waals surface area contributed by atoms with Gasteiger partial charge in [0.25, 0.3) is 0 Å². The predicted octanol–water partition coefficient (Wildman–Crippen LogP) is 3.09. The summed E-state index contributed by atoms with van der Waals surface area (Å²) in [5, 5.41) is 10.5. The SMILES string of the molecule is COc1ccc(S(=O)(=O)N2CCCC(C(=O)Nc3cc(-c4nnco4)ccc3C)C2)cc1. The Morgan fingerprint density at radius 3 is 2.69 bits per heavy atom. The Morgan fingerprint density at radius 2 is 2.00 bits per heavy atom. The third-order valence-corrected chi connectivity index (χ3v) is 7.43. The third-order valence-electron chi connectivity index (χ3n) is 5.55. The Hall–Kier alpha value is -3.24. The van der Waals surface area contributed by atoms with Crippen LogP contribution < -0.4 is 10.1 Å². The molecule has 1 aromatic heterocycles. The molecule has 1 fully saturated rings. The fourth-order valence-electron chi connectivity index (χ4n) is 3.69. The van der Waals surface area contributed by atoms with E-state index in [1.165, 1.54) is 29.9 Å². The number of methoxy groups -OCH3 is 1. The minimum Gasteiger partial charge on any atom is -0.497 e. The largest absolute Gasteiger partial charge is 0.497 e. The van der Waals surface area contributed by atoms with Gasteiger partial charge in [-0.25, -0.2) is 8.42 Å². The standard InChI is InChI=1S/C22H24N4O5S/c1-15-5-6-16(22-25-23-14-31-22)12-20(15)24-21(27)17-4-3-11-26(13-17)32(28,29)19-9-7-18(30-2)8-10-19/h5-10,12,14,17H,3-4,11,13H2,1-2H3,(H,24,27). The number of nitrogens with one attached hydrogen (secondary N) is 1. The molecule has 3 aromatic rings. The van der Waals surface area contributed by atoms with Crippen molar-refractivity contribution in [2.45, 2.75) is 24.7 Å². The first-order valence-electron chi connectivity index (χ1n) is 10.2. The number of carbonyl (C=O) groups excluding carboxylic acids is 1. The highest BCUT2D eigenvalue weighted by molar-refractivity contribution is 7.89. The molecule has 0 saturated carbocycles. The van der Waals surface area contributed by atoms with Crippen molar-refractivity contribution in [3.8, 4) is 17.2 Å². The van der Waals surface area contributed by atoms with Crippen molar-refractivity contribution in [3.63, 3.8) is 0 Å². The van der Waals surface area contributed by atoms with Crippen LogP contribution in [0.1, 0.15) is 18.4 Å². The first-order chi connectivity index (χ1) is 15.4. The van der Waals surface area contributed by atoms with Crippen LogP contribution in [0.5, 0.6) is 5.75 Å². The lowest BCUT2D eigenvalue weighted by atomic mass is 9.98. The maximum Gasteiger partial charge on any atom is 0.247 e. The summed E-state index contributed by atoms with van der Waals surface area (Å²) in [5.74, 6) is 0.265. The van der Waals surface area contributed by atoms with Crippen molar-refractivity contribution in [2.75, 3.05) is 25.5 Å². The van der Waals surface area contributed by atoms with E-state index in [9.17, 15) is 13.2 Å². The summed E-state index contributed by atoms with van der Waals surface area (Å²) in [6, 6.07) is 11.7. The molecule has 9 nitrogen and oxygen atoms in total. The summed E-state index contributed by atoms with van der Waals surface area (Å²) in [4.78, 5) is 13.2. The number of ether oxygens (including phenoxy) is 1. The second-order valence-corrected chi connectivity index (χ2v) is 9.58. The first kappa shape index (κ1) is 22.0. The van der Waals surface area contributed by atoms with E-state index in [1.54, 1.807) is 18.2 Å². The summed E-state index contributed by atoms with van der Waals surface area (Å²) in [6.45, 7) is 2.39. The van der Waals surface area contributed by atoms with Crippen LogP contribution in [0.2, 0.25) is 0 Å². The highest BCUT2D eigenvalue weighted by Crippen LogP contribution is 2.28. The van der Waals surface area contributed by atoms with E-state index < -0.39 is 15.9 Å². The van der Waals surface area contributed by atoms with Crippen LogP contribution in [-0.2, 0) is 14.8 Å². The number of rotatable bonds is 6. The predicted molar refractivity (Wildman–Crippen MR) is 118 cm³/mol. The fourth-order valence-corrected chi connectivity index (χ4v) is 5.22. The molecule has 4 rings (SSSR count). The fraction of sp³-hybridized carbons (Fsp3) is 0.318. The molecule has 1 atom stereocenters. The summed E-state index contributed by atoms with van der Waals surface area (Å²) in [5.41, 5.74) is 2.19. The molecule has 2 heterocycles. The van der Waals surface area contributed by atoms with Crippen molar-refractivity contribution in [3.05, 3.63) is 54.4 Å². The van der Waals surface area contributed by atoms with Crippen LogP contribution in [0.25, 0.3) is 11.5 Å². The molecule has 1 unspecified atom stereocenters. The van der Waals surface area contributed by atoms with Crippen molar-refractivity contribution in [1.82, 2.24) is 14.5 Å². The van der Waals surface area contributed by atoms with Gasteiger partial charge in [0.1, 0.15) is 5.75 Å². The Labute approximate surface area is 186 Å². The second kappa shape index (κ2) is 9.09. The molecule has 0 spiro atoms. The lowest BCUT2D eigenvalue weighted by Crippen LogP contribution is -2.43. The molecular weight excluding hydrogens is 432 g/mol. The Morgan fingerprint density at radius 1 is 1.22 bits per heavy atom. The number of sulfonamides is 1. The number of anilines is 1. The average Bonchev–Trinajstić information content (AvgIpc) is 3.35. The lowest BCUT2D eigenvalue weighted by molar-refractivity contribution is -0.120. The van der Waals surface area contributed by atoms with E-state index in [1.807, 2.05) is 19.1 Å². The van der Waals surface area contributed by atoms with Gasteiger partial charge in [-0.2, -0.15) is 4.31 Å². The summed E-state index contributed by atoms with van der Waals surface area (Å²) < 4.78 is 37.9. The van der Waals surface area contributed by atoms with Crippen LogP contribution in [-0.4, -0.2) is 49.0 Å². The quantitative estimate of drug-likeness (QED) is 0.606. The van der Waals surface area contributed by atoms with Crippen LogP contribution in [0.15, 0.2) is 58.2 Å². The Balaban J connectivity index is 1.48. The molecule has 1 aliphatic heterocycles. The summed E-state index contributed by atoms with van der Waals surface area (Å²) in [6.07, 6.45) is 2.46. The second-order valence-electron chi connectivity index (χ2n) is 7.64. The molecule has 0 bridgehead atoms. The Kier molecular flexibility index (Phi) is 6.24. The zero-order valence-electron chi connectivity index (χ0n) is 17.8. The normalized spacial score (nSPS) is 17.1. The van der Waals surface area contributed by atoms with Crippen molar-refractivity contribution < 1.29 is 22.4 Å². The molecule has 0 radical (unpaired) electrons. The third kappa shape index (κ3) is 4.51. The van der Waals surface area contributed by atoms with Gasteiger partial charge in [-0.15, -0.1) is 10.2 Å². The highest BCUT2D eigenvalue weighted by atomic mass is 32.2. The highest BCUT2D eigenvalue weighted by Gasteiger charge is 2.33. The molecule has 1 aliphatic rings. The van der Waals surface area contributed by atoms with Crippen molar-refractivity contribution in [2.24, 2.45) is 5.92 Å². The van der Waals surface area contributed by atoms with E-state index in [-0.39, 0.29) is 17.3 Å². The molecule has 168 valence electrons. The van der Waals surface area contributed by atoms with Gasteiger partial charge in [0, 0.05) is 24.3 Å². The molecule has 10 heteroatoms. The van der Waals surface area contributed by atoms with E-state index in [2.05, 4.69) is 15.5 Å². The first-order valence-corrected chi connectivity index (χ1v) is 11.6. The van der Waals surface area contributed by atoms with E-state index >= 15 is 0 Å². The number of piperidine rings is 1. The number of hydrogen-bond acceptors (Lipinski definition) is 7. The van der Waals surface area contributed by atoms with Crippen molar-refractivity contribution in [1.29, 1.82) is 0 Å². The molecule has 1 saturated heterocycles. The number of benzene rings is 2. The van der Waals surface area contributed by atoms with Gasteiger partial charge in [-0.1, -0.05) is 6.07 Å². The van der Waals surface area contributed by atoms with Gasteiger partial charge in [-0.3, -0.25) is 4.79 Å². The molecule has 0 aliphatic carbocycles. The van der Waals surface area contributed by atoms with Gasteiger partial charge < -0.3 is 14.5 Å². The number of carbonyl (C=O) groups is 1. The van der Waals surface area contributed by atoms with Crippen LogP contribution in [0.4, 0.5) is 5.69 Å². The molecule has 2 aromatic carbocycles. The van der Waals surface area contributed by atoms with Crippen molar-refractivity contribution >= 4 is 21.6 Å². The minimum absolute atomic E-state index is 0.128. The van der Waals surface area contributed by atoms with Gasteiger partial charge in [-0.05, 0) is 61.7 Å². The van der Waals surface area contributed by atoms with E-state index in [0.29, 0.717) is 42.3 Å². The zero-order valence-corrected chi connectivity index (χ0v) is 18.6. The number of aryl methyl sites for hydroxylation is 1. The average molecular weight is 457 g/mol. The molecule has 1 amide bonds. The summed E-state index contributed by atoms with van der Waals surface area (Å²) in [7, 11) is -2.18. The van der Waals surface area contributed by atoms with Crippen LogP contribution in [0.3, 0.4) is 0 Å². The summed E-state index contributed by atoms with van der Waals surface area (Å²) >= 11 is 0. The molecule has 1 N–H and O–H groups in total. The van der Waals surface area contributed by atoms with Gasteiger partial charge in [0.05, 0.1) is 17.9 Å². The van der Waals surface area contributed by atoms with E-state index in [4.69, 9.17) is 9.15 Å². The maximum atomic E-state index is 13.1.